The van der Waals surface area contributed by atoms with Gasteiger partial charge < -0.3 is 5.84 Å². The van der Waals surface area contributed by atoms with Crippen LogP contribution < -0.4 is 5.84 Å². The van der Waals surface area contributed by atoms with Crippen LogP contribution in [0.5, 0.6) is 0 Å². The molecule has 0 spiro atoms. The van der Waals surface area contributed by atoms with Gasteiger partial charge in [0.1, 0.15) is 0 Å². The highest BCUT2D eigenvalue weighted by Crippen LogP contribution is 2.27. The molecule has 19 heavy (non-hydrogen) atoms. The quantitative estimate of drug-likeness (QED) is 0.515. The molecule has 5 nitrogen and oxygen atoms in total. The van der Waals surface area contributed by atoms with Crippen molar-refractivity contribution in [3.05, 3.63) is 28.7 Å². The van der Waals surface area contributed by atoms with E-state index in [-0.39, 0.29) is 0 Å². The molecule has 0 aliphatic rings. The Morgan fingerprint density at radius 2 is 2.16 bits per heavy atom. The first kappa shape index (κ1) is 13.9. The molecule has 0 unspecified atom stereocenters. The third-order valence-electron chi connectivity index (χ3n) is 2.44. The summed E-state index contributed by atoms with van der Waals surface area (Å²) in [6.45, 7) is 0. The van der Waals surface area contributed by atoms with Crippen LogP contribution in [0.15, 0.2) is 33.9 Å². The number of unbranched alkanes of at least 4 members (excludes halogenated alkanes) is 1. The average molecular weight is 338 g/mol. The number of nitrogens with two attached hydrogens (primary N) is 1. The summed E-state index contributed by atoms with van der Waals surface area (Å²) >= 11 is 4.98. The van der Waals surface area contributed by atoms with Crippen LogP contribution in [-0.4, -0.2) is 20.6 Å². The molecular formula is C12H12BrN5S. The van der Waals surface area contributed by atoms with Crippen LogP contribution in [0.3, 0.4) is 0 Å². The number of nitrogen functional groups attached to an aromatic ring is 1. The fourth-order valence-corrected chi connectivity index (χ4v) is 2.77. The molecule has 0 amide bonds. The van der Waals surface area contributed by atoms with E-state index >= 15 is 0 Å². The van der Waals surface area contributed by atoms with Gasteiger partial charge in [-0.15, -0.1) is 10.2 Å². The minimum atomic E-state index is 0.544. The van der Waals surface area contributed by atoms with Gasteiger partial charge in [0.15, 0.2) is 5.82 Å². The molecule has 2 rings (SSSR count). The Labute approximate surface area is 123 Å². The molecule has 98 valence electrons. The van der Waals surface area contributed by atoms with E-state index < -0.39 is 0 Å². The lowest BCUT2D eigenvalue weighted by molar-refractivity contribution is 0.846. The van der Waals surface area contributed by atoms with E-state index in [1.165, 1.54) is 16.4 Å². The van der Waals surface area contributed by atoms with E-state index in [4.69, 9.17) is 11.1 Å². The second kappa shape index (κ2) is 6.59. The fraction of sp³-hybridized carbons (Fsp3) is 0.250. The highest BCUT2D eigenvalue weighted by atomic mass is 79.9. The van der Waals surface area contributed by atoms with Crippen molar-refractivity contribution in [3.8, 4) is 17.5 Å². The number of thioether (sulfide) groups is 1. The van der Waals surface area contributed by atoms with Crippen LogP contribution in [0, 0.1) is 11.3 Å². The number of hydrogen-bond acceptors (Lipinski definition) is 5. The highest BCUT2D eigenvalue weighted by Gasteiger charge is 2.13. The Morgan fingerprint density at radius 3 is 2.89 bits per heavy atom. The van der Waals surface area contributed by atoms with Gasteiger partial charge in [-0.25, -0.2) is 4.68 Å². The van der Waals surface area contributed by atoms with E-state index in [9.17, 15) is 0 Å². The average Bonchev–Trinajstić information content (AvgIpc) is 2.77. The molecule has 2 aromatic rings. The Hall–Kier alpha value is -1.52. The number of nitrogens with zero attached hydrogens (tertiary/aromatic N) is 4. The monoisotopic (exact) mass is 337 g/mol. The first-order chi connectivity index (χ1) is 9.24. The molecule has 0 atom stereocenters. The summed E-state index contributed by atoms with van der Waals surface area (Å²) in [5.41, 5.74) is 0.904. The Morgan fingerprint density at radius 1 is 1.37 bits per heavy atom. The van der Waals surface area contributed by atoms with Crippen molar-refractivity contribution in [2.75, 3.05) is 11.6 Å². The van der Waals surface area contributed by atoms with Gasteiger partial charge in [-0.05, 0) is 18.6 Å². The van der Waals surface area contributed by atoms with Crippen molar-refractivity contribution in [1.82, 2.24) is 14.9 Å². The van der Waals surface area contributed by atoms with Crippen molar-refractivity contribution in [2.45, 2.75) is 18.0 Å². The molecular weight excluding hydrogens is 326 g/mol. The van der Waals surface area contributed by atoms with Crippen LogP contribution >= 0.6 is 27.7 Å². The van der Waals surface area contributed by atoms with Gasteiger partial charge in [0.25, 0.3) is 0 Å². The van der Waals surface area contributed by atoms with E-state index in [2.05, 4.69) is 32.2 Å². The standard InChI is InChI=1S/C12H12BrN5S/c13-10-6-2-1-5-9(10)11-16-17-12(18(11)15)19-8-4-3-7-14/h1-2,5-6H,3-4,8,15H2. The Kier molecular flexibility index (Phi) is 4.82. The van der Waals surface area contributed by atoms with Crippen molar-refractivity contribution in [2.24, 2.45) is 0 Å². The summed E-state index contributed by atoms with van der Waals surface area (Å²) < 4.78 is 2.41. The highest BCUT2D eigenvalue weighted by molar-refractivity contribution is 9.10. The minimum absolute atomic E-state index is 0.544. The molecule has 1 aromatic carbocycles. The van der Waals surface area contributed by atoms with Gasteiger partial charge in [-0.1, -0.05) is 39.8 Å². The number of benzene rings is 1. The molecule has 0 aliphatic heterocycles. The van der Waals surface area contributed by atoms with Gasteiger partial charge in [0, 0.05) is 22.2 Å². The second-order valence-corrected chi connectivity index (χ2v) is 5.68. The number of rotatable bonds is 5. The predicted octanol–water partition coefficient (Wildman–Crippen LogP) is 2.82. The molecule has 0 aliphatic carbocycles. The SMILES string of the molecule is N#CCCCSc1nnc(-c2ccccc2Br)n1N. The van der Waals surface area contributed by atoms with Gasteiger partial charge >= 0.3 is 0 Å². The summed E-state index contributed by atoms with van der Waals surface area (Å²) in [5, 5.41) is 17.3. The van der Waals surface area contributed by atoms with Gasteiger partial charge in [0.2, 0.25) is 5.16 Å². The molecule has 0 saturated heterocycles. The second-order valence-electron chi connectivity index (χ2n) is 3.77. The first-order valence-corrected chi connectivity index (χ1v) is 7.47. The normalized spacial score (nSPS) is 10.3. The van der Waals surface area contributed by atoms with Crippen molar-refractivity contribution in [1.29, 1.82) is 5.26 Å². The van der Waals surface area contributed by atoms with E-state index in [1.807, 2.05) is 24.3 Å². The van der Waals surface area contributed by atoms with Gasteiger partial charge in [-0.2, -0.15) is 5.26 Å². The first-order valence-electron chi connectivity index (χ1n) is 5.69. The topological polar surface area (TPSA) is 80.5 Å². The van der Waals surface area contributed by atoms with E-state index in [0.717, 1.165) is 22.2 Å². The molecule has 0 fully saturated rings. The Bertz CT molecular complexity index is 604. The van der Waals surface area contributed by atoms with Crippen molar-refractivity contribution >= 4 is 27.7 Å². The molecule has 1 aromatic heterocycles. The number of nitriles is 1. The maximum atomic E-state index is 8.48. The summed E-state index contributed by atoms with van der Waals surface area (Å²) in [6, 6.07) is 9.84. The van der Waals surface area contributed by atoms with Crippen molar-refractivity contribution < 1.29 is 0 Å². The van der Waals surface area contributed by atoms with Crippen molar-refractivity contribution in [3.63, 3.8) is 0 Å². The molecule has 0 saturated carbocycles. The smallest absolute Gasteiger partial charge is 0.210 e. The largest absolute Gasteiger partial charge is 0.335 e. The summed E-state index contributed by atoms with van der Waals surface area (Å²) in [6.07, 6.45) is 1.36. The zero-order valence-corrected chi connectivity index (χ0v) is 12.5. The fourth-order valence-electron chi connectivity index (χ4n) is 1.52. The molecule has 2 N–H and O–H groups in total. The maximum Gasteiger partial charge on any atom is 0.210 e. The van der Waals surface area contributed by atoms with Crippen LogP contribution in [0.1, 0.15) is 12.8 Å². The summed E-state index contributed by atoms with van der Waals surface area (Å²) in [4.78, 5) is 0. The lowest BCUT2D eigenvalue weighted by Crippen LogP contribution is -2.11. The van der Waals surface area contributed by atoms with Crippen LogP contribution in [0.2, 0.25) is 0 Å². The third-order valence-corrected chi connectivity index (χ3v) is 4.16. The molecule has 0 radical (unpaired) electrons. The molecule has 1 heterocycles. The van der Waals surface area contributed by atoms with Gasteiger partial charge in [0.05, 0.1) is 6.07 Å². The van der Waals surface area contributed by atoms with Crippen LogP contribution in [-0.2, 0) is 0 Å². The minimum Gasteiger partial charge on any atom is -0.335 e. The summed E-state index contributed by atoms with van der Waals surface area (Å²) in [7, 11) is 0. The number of aromatic nitrogens is 3. The number of halogens is 1. The Balaban J connectivity index is 2.15. The van der Waals surface area contributed by atoms with E-state index in [0.29, 0.717) is 17.4 Å². The zero-order valence-electron chi connectivity index (χ0n) is 10.1. The van der Waals surface area contributed by atoms with Crippen LogP contribution in [0.25, 0.3) is 11.4 Å². The predicted molar refractivity (Wildman–Crippen MR) is 78.9 cm³/mol. The number of hydrogen-bond donors (Lipinski definition) is 1. The van der Waals surface area contributed by atoms with Crippen LogP contribution in [0.4, 0.5) is 0 Å². The molecule has 7 heteroatoms. The van der Waals surface area contributed by atoms with Gasteiger partial charge in [-0.3, -0.25) is 0 Å². The summed E-state index contributed by atoms with van der Waals surface area (Å²) in [5.74, 6) is 7.43. The zero-order chi connectivity index (χ0) is 13.7. The lowest BCUT2D eigenvalue weighted by atomic mass is 10.2. The van der Waals surface area contributed by atoms with E-state index in [1.54, 1.807) is 0 Å². The molecule has 0 bridgehead atoms. The maximum absolute atomic E-state index is 8.48. The third kappa shape index (κ3) is 3.28. The lowest BCUT2D eigenvalue weighted by Gasteiger charge is -2.04.